The normalized spacial score (nSPS) is 14.9. The number of guanidine groups is 1. The van der Waals surface area contributed by atoms with Gasteiger partial charge in [-0.1, -0.05) is 6.07 Å². The molecule has 0 aromatic heterocycles. The number of amides is 2. The highest BCUT2D eigenvalue weighted by Crippen LogP contribution is 2.30. The van der Waals surface area contributed by atoms with Crippen LogP contribution >= 0.6 is 31.9 Å². The second-order valence-electron chi connectivity index (χ2n) is 4.04. The van der Waals surface area contributed by atoms with E-state index >= 15 is 0 Å². The van der Waals surface area contributed by atoms with Gasteiger partial charge >= 0.3 is 6.03 Å². The molecule has 0 saturated heterocycles. The van der Waals surface area contributed by atoms with Gasteiger partial charge in [0.15, 0.2) is 5.96 Å². The second-order valence-corrected chi connectivity index (χ2v) is 5.75. The number of anilines is 1. The first kappa shape index (κ1) is 14.3. The molecule has 0 spiro atoms. The maximum absolute atomic E-state index is 11.9. The average molecular weight is 390 g/mol. The number of hydrogen-bond donors (Lipinski definition) is 3. The monoisotopic (exact) mass is 388 g/mol. The number of hydrogen-bond acceptors (Lipinski definition) is 3. The van der Waals surface area contributed by atoms with E-state index in [2.05, 4.69) is 52.8 Å². The summed E-state index contributed by atoms with van der Waals surface area (Å²) in [7, 11) is 0. The molecule has 0 radical (unpaired) electrons. The molecule has 2 amide bonds. The fourth-order valence-corrected chi connectivity index (χ4v) is 2.84. The summed E-state index contributed by atoms with van der Waals surface area (Å²) < 4.78 is 1.63. The minimum Gasteiger partial charge on any atom is -0.356 e. The largest absolute Gasteiger partial charge is 0.356 e. The number of nitrogens with zero attached hydrogens (tertiary/aromatic N) is 1. The molecule has 1 aliphatic rings. The fraction of sp³-hybridized carbons (Fsp3) is 0.333. The van der Waals surface area contributed by atoms with E-state index in [1.54, 1.807) is 0 Å². The SMILES string of the molecule is O=C(NC1=NCCCCN1)Nc1c(Br)cccc1Br. The fourth-order valence-electron chi connectivity index (χ4n) is 1.64. The van der Waals surface area contributed by atoms with Crippen LogP contribution in [0.4, 0.5) is 10.5 Å². The van der Waals surface area contributed by atoms with Crippen LogP contribution in [0.5, 0.6) is 0 Å². The molecule has 0 aliphatic carbocycles. The van der Waals surface area contributed by atoms with Gasteiger partial charge in [0.25, 0.3) is 0 Å². The van der Waals surface area contributed by atoms with Crippen molar-refractivity contribution < 1.29 is 4.79 Å². The molecule has 102 valence electrons. The van der Waals surface area contributed by atoms with Crippen LogP contribution in [-0.2, 0) is 0 Å². The van der Waals surface area contributed by atoms with E-state index in [-0.39, 0.29) is 6.03 Å². The molecule has 1 aromatic carbocycles. The standard InChI is InChI=1S/C12H14Br2N4O/c13-8-4-3-5-9(14)10(8)17-12(19)18-11-15-6-1-2-7-16-11/h3-5H,1-2,6-7H2,(H3,15,16,17,18,19). The van der Waals surface area contributed by atoms with Crippen LogP contribution in [0.25, 0.3) is 0 Å². The third-order valence-corrected chi connectivity index (χ3v) is 3.90. The van der Waals surface area contributed by atoms with Gasteiger partial charge in [0.1, 0.15) is 0 Å². The number of carbonyl (C=O) groups is 1. The van der Waals surface area contributed by atoms with E-state index < -0.39 is 0 Å². The van der Waals surface area contributed by atoms with Gasteiger partial charge in [-0.15, -0.1) is 0 Å². The van der Waals surface area contributed by atoms with Crippen LogP contribution in [0.3, 0.4) is 0 Å². The number of carbonyl (C=O) groups excluding carboxylic acids is 1. The molecule has 3 N–H and O–H groups in total. The van der Waals surface area contributed by atoms with Crippen LogP contribution in [0.15, 0.2) is 32.1 Å². The molecule has 7 heteroatoms. The smallest absolute Gasteiger partial charge is 0.326 e. The Bertz CT molecular complexity index is 484. The lowest BCUT2D eigenvalue weighted by molar-refractivity contribution is 0.256. The van der Waals surface area contributed by atoms with E-state index in [1.807, 2.05) is 18.2 Å². The number of benzene rings is 1. The Kier molecular flexibility index (Phi) is 5.21. The number of nitrogens with one attached hydrogen (secondary N) is 3. The Hall–Kier alpha value is -1.08. The van der Waals surface area contributed by atoms with Gasteiger partial charge < -0.3 is 10.6 Å². The van der Waals surface area contributed by atoms with Crippen molar-refractivity contribution in [3.8, 4) is 0 Å². The molecule has 0 atom stereocenters. The Morgan fingerprint density at radius 2 is 1.95 bits per heavy atom. The highest BCUT2D eigenvalue weighted by atomic mass is 79.9. The summed E-state index contributed by atoms with van der Waals surface area (Å²) >= 11 is 6.79. The molecule has 0 unspecified atom stereocenters. The molecule has 2 rings (SSSR count). The topological polar surface area (TPSA) is 65.5 Å². The van der Waals surface area contributed by atoms with E-state index in [0.717, 1.165) is 34.9 Å². The van der Waals surface area contributed by atoms with Crippen molar-refractivity contribution >= 4 is 49.5 Å². The Morgan fingerprint density at radius 1 is 1.21 bits per heavy atom. The van der Waals surface area contributed by atoms with Crippen molar-refractivity contribution in [2.24, 2.45) is 4.99 Å². The number of aliphatic imine (C=N–C) groups is 1. The Balaban J connectivity index is 1.99. The summed E-state index contributed by atoms with van der Waals surface area (Å²) in [6.45, 7) is 1.57. The molecule has 1 heterocycles. The summed E-state index contributed by atoms with van der Waals surface area (Å²) in [5.74, 6) is 0.526. The number of rotatable bonds is 1. The predicted molar refractivity (Wildman–Crippen MR) is 83.5 cm³/mol. The maximum atomic E-state index is 11.9. The lowest BCUT2D eigenvalue weighted by Gasteiger charge is -2.12. The van der Waals surface area contributed by atoms with Crippen LogP contribution < -0.4 is 16.0 Å². The van der Waals surface area contributed by atoms with E-state index in [0.29, 0.717) is 11.6 Å². The number of para-hydroxylation sites is 1. The van der Waals surface area contributed by atoms with E-state index in [4.69, 9.17) is 0 Å². The van der Waals surface area contributed by atoms with Gasteiger partial charge in [0.2, 0.25) is 0 Å². The van der Waals surface area contributed by atoms with Crippen molar-refractivity contribution in [2.75, 3.05) is 18.4 Å². The van der Waals surface area contributed by atoms with Gasteiger partial charge in [-0.3, -0.25) is 10.3 Å². The zero-order valence-electron chi connectivity index (χ0n) is 10.2. The van der Waals surface area contributed by atoms with Crippen molar-refractivity contribution in [3.05, 3.63) is 27.1 Å². The first-order chi connectivity index (χ1) is 9.16. The predicted octanol–water partition coefficient (Wildman–Crippen LogP) is 3.07. The lowest BCUT2D eigenvalue weighted by Crippen LogP contribution is -2.43. The molecule has 19 heavy (non-hydrogen) atoms. The van der Waals surface area contributed by atoms with Crippen LogP contribution in [0, 0.1) is 0 Å². The van der Waals surface area contributed by atoms with E-state index in [9.17, 15) is 4.79 Å². The first-order valence-electron chi connectivity index (χ1n) is 5.97. The van der Waals surface area contributed by atoms with Crippen molar-refractivity contribution in [2.45, 2.75) is 12.8 Å². The quantitative estimate of drug-likeness (QED) is 0.690. The first-order valence-corrected chi connectivity index (χ1v) is 7.56. The summed E-state index contributed by atoms with van der Waals surface area (Å²) in [6, 6.07) is 5.29. The Morgan fingerprint density at radius 3 is 2.68 bits per heavy atom. The van der Waals surface area contributed by atoms with Crippen molar-refractivity contribution in [1.82, 2.24) is 10.6 Å². The zero-order valence-corrected chi connectivity index (χ0v) is 13.3. The highest BCUT2D eigenvalue weighted by molar-refractivity contribution is 9.11. The van der Waals surface area contributed by atoms with Gasteiger partial charge in [-0.2, -0.15) is 0 Å². The minimum atomic E-state index is -0.319. The molecule has 1 aromatic rings. The highest BCUT2D eigenvalue weighted by Gasteiger charge is 2.11. The number of urea groups is 1. The summed E-state index contributed by atoms with van der Waals surface area (Å²) in [6.07, 6.45) is 2.10. The average Bonchev–Trinajstić information content (AvgIpc) is 2.63. The molecular weight excluding hydrogens is 376 g/mol. The van der Waals surface area contributed by atoms with Crippen molar-refractivity contribution in [1.29, 1.82) is 0 Å². The third-order valence-electron chi connectivity index (χ3n) is 2.58. The molecule has 0 bridgehead atoms. The number of halogens is 2. The zero-order chi connectivity index (χ0) is 13.7. The molecular formula is C12H14Br2N4O. The Labute approximate surface area is 128 Å². The molecule has 1 aliphatic heterocycles. The summed E-state index contributed by atoms with van der Waals surface area (Å²) in [5, 5.41) is 8.57. The van der Waals surface area contributed by atoms with Gasteiger partial charge in [0, 0.05) is 22.0 Å². The van der Waals surface area contributed by atoms with Gasteiger partial charge in [0.05, 0.1) is 5.69 Å². The van der Waals surface area contributed by atoms with Crippen LogP contribution in [0.2, 0.25) is 0 Å². The summed E-state index contributed by atoms with van der Waals surface area (Å²) in [4.78, 5) is 16.2. The molecule has 0 fully saturated rings. The second kappa shape index (κ2) is 6.91. The minimum absolute atomic E-state index is 0.319. The van der Waals surface area contributed by atoms with Gasteiger partial charge in [-0.25, -0.2) is 4.79 Å². The summed E-state index contributed by atoms with van der Waals surface area (Å²) in [5.41, 5.74) is 0.689. The van der Waals surface area contributed by atoms with Crippen LogP contribution in [-0.4, -0.2) is 25.1 Å². The molecule has 0 saturated carbocycles. The lowest BCUT2D eigenvalue weighted by atomic mass is 10.3. The van der Waals surface area contributed by atoms with Crippen LogP contribution in [0.1, 0.15) is 12.8 Å². The van der Waals surface area contributed by atoms with E-state index in [1.165, 1.54) is 0 Å². The molecule has 5 nitrogen and oxygen atoms in total. The van der Waals surface area contributed by atoms with Gasteiger partial charge in [-0.05, 0) is 56.8 Å². The van der Waals surface area contributed by atoms with Crippen molar-refractivity contribution in [3.63, 3.8) is 0 Å². The third kappa shape index (κ3) is 4.21. The maximum Gasteiger partial charge on any atom is 0.326 e.